The van der Waals surface area contributed by atoms with E-state index in [4.69, 9.17) is 21.4 Å². The van der Waals surface area contributed by atoms with Crippen molar-refractivity contribution in [1.82, 2.24) is 4.98 Å². The molecule has 0 unspecified atom stereocenters. The Kier molecular flexibility index (Phi) is 3.60. The average molecular weight is 224 g/mol. The summed E-state index contributed by atoms with van der Waals surface area (Å²) >= 11 is 5.49. The minimum atomic E-state index is -2.78. The van der Waals surface area contributed by atoms with Gasteiger partial charge in [0.25, 0.3) is 6.43 Å². The van der Waals surface area contributed by atoms with Gasteiger partial charge < -0.3 is 9.84 Å². The van der Waals surface area contributed by atoms with E-state index in [1.165, 1.54) is 13.2 Å². The lowest BCUT2D eigenvalue weighted by Gasteiger charge is -2.11. The van der Waals surface area contributed by atoms with Crippen LogP contribution in [0.1, 0.15) is 17.7 Å². The second-order valence-corrected chi connectivity index (χ2v) is 2.87. The van der Waals surface area contributed by atoms with E-state index in [-0.39, 0.29) is 16.5 Å². The summed E-state index contributed by atoms with van der Waals surface area (Å²) in [6, 6.07) is 1.28. The normalized spacial score (nSPS) is 10.7. The number of aliphatic hydroxyl groups is 1. The molecule has 1 heterocycles. The Morgan fingerprint density at radius 1 is 1.64 bits per heavy atom. The van der Waals surface area contributed by atoms with Gasteiger partial charge in [0.1, 0.15) is 5.15 Å². The van der Waals surface area contributed by atoms with Crippen molar-refractivity contribution in [3.8, 4) is 5.75 Å². The molecule has 0 amide bonds. The highest BCUT2D eigenvalue weighted by atomic mass is 35.5. The highest BCUT2D eigenvalue weighted by Crippen LogP contribution is 2.32. The summed E-state index contributed by atoms with van der Waals surface area (Å²) in [7, 11) is 1.23. The van der Waals surface area contributed by atoms with Crippen molar-refractivity contribution >= 4 is 11.6 Å². The van der Waals surface area contributed by atoms with E-state index < -0.39 is 18.7 Å². The van der Waals surface area contributed by atoms with Gasteiger partial charge in [0.2, 0.25) is 0 Å². The topological polar surface area (TPSA) is 42.4 Å². The van der Waals surface area contributed by atoms with Crippen LogP contribution >= 0.6 is 11.6 Å². The molecule has 0 radical (unpaired) electrons. The third kappa shape index (κ3) is 2.10. The summed E-state index contributed by atoms with van der Waals surface area (Å²) in [4.78, 5) is 3.43. The molecule has 0 spiro atoms. The lowest BCUT2D eigenvalue weighted by Crippen LogP contribution is -2.01. The van der Waals surface area contributed by atoms with Crippen molar-refractivity contribution in [2.75, 3.05) is 7.11 Å². The van der Waals surface area contributed by atoms with Crippen LogP contribution in [-0.4, -0.2) is 17.2 Å². The van der Waals surface area contributed by atoms with E-state index in [1.54, 1.807) is 0 Å². The highest BCUT2D eigenvalue weighted by molar-refractivity contribution is 6.29. The molecule has 1 aromatic heterocycles. The summed E-state index contributed by atoms with van der Waals surface area (Å²) in [6.07, 6.45) is -2.78. The second-order valence-electron chi connectivity index (χ2n) is 2.48. The number of aliphatic hydroxyl groups excluding tert-OH is 1. The van der Waals surface area contributed by atoms with Crippen molar-refractivity contribution < 1.29 is 18.6 Å². The lowest BCUT2D eigenvalue weighted by molar-refractivity contribution is 0.140. The van der Waals surface area contributed by atoms with Gasteiger partial charge in [0, 0.05) is 5.56 Å². The predicted octanol–water partition coefficient (Wildman–Crippen LogP) is 2.17. The molecule has 0 saturated carbocycles. The number of rotatable bonds is 3. The predicted molar refractivity (Wildman–Crippen MR) is 46.7 cm³/mol. The second kappa shape index (κ2) is 4.52. The number of halogens is 3. The Morgan fingerprint density at radius 2 is 2.29 bits per heavy atom. The SMILES string of the molecule is COc1c(CO)cc(Cl)nc1C(F)F. The van der Waals surface area contributed by atoms with Crippen molar-refractivity contribution in [1.29, 1.82) is 0 Å². The lowest BCUT2D eigenvalue weighted by atomic mass is 10.2. The van der Waals surface area contributed by atoms with Crippen molar-refractivity contribution in [2.24, 2.45) is 0 Å². The zero-order valence-corrected chi connectivity index (χ0v) is 8.05. The molecular formula is C8H8ClF2NO2. The molecular weight excluding hydrogens is 216 g/mol. The fourth-order valence-electron chi connectivity index (χ4n) is 1.07. The van der Waals surface area contributed by atoms with Crippen LogP contribution in [0.4, 0.5) is 8.78 Å². The van der Waals surface area contributed by atoms with E-state index in [9.17, 15) is 8.78 Å². The highest BCUT2D eigenvalue weighted by Gasteiger charge is 2.19. The smallest absolute Gasteiger partial charge is 0.284 e. The van der Waals surface area contributed by atoms with Gasteiger partial charge in [-0.1, -0.05) is 11.6 Å². The van der Waals surface area contributed by atoms with Gasteiger partial charge in [0.15, 0.2) is 11.4 Å². The fraction of sp³-hybridized carbons (Fsp3) is 0.375. The maximum Gasteiger partial charge on any atom is 0.284 e. The van der Waals surface area contributed by atoms with Crippen LogP contribution in [-0.2, 0) is 6.61 Å². The van der Waals surface area contributed by atoms with Crippen LogP contribution in [0.3, 0.4) is 0 Å². The Bertz CT molecular complexity index is 333. The largest absolute Gasteiger partial charge is 0.494 e. The van der Waals surface area contributed by atoms with Crippen LogP contribution in [0.2, 0.25) is 5.15 Å². The first-order chi connectivity index (χ1) is 6.60. The Balaban J connectivity index is 3.31. The van der Waals surface area contributed by atoms with Crippen LogP contribution in [0.25, 0.3) is 0 Å². The maximum atomic E-state index is 12.4. The first-order valence-corrected chi connectivity index (χ1v) is 4.10. The molecule has 0 atom stereocenters. The van der Waals surface area contributed by atoms with Gasteiger partial charge in [-0.3, -0.25) is 0 Å². The minimum Gasteiger partial charge on any atom is -0.494 e. The molecule has 0 aromatic carbocycles. The Labute approximate surface area is 84.3 Å². The quantitative estimate of drug-likeness (QED) is 0.799. The van der Waals surface area contributed by atoms with Gasteiger partial charge in [-0.15, -0.1) is 0 Å². The third-order valence-electron chi connectivity index (χ3n) is 1.63. The molecule has 3 nitrogen and oxygen atoms in total. The van der Waals surface area contributed by atoms with Gasteiger partial charge >= 0.3 is 0 Å². The van der Waals surface area contributed by atoms with Crippen LogP contribution in [0.5, 0.6) is 5.75 Å². The molecule has 0 aliphatic carbocycles. The van der Waals surface area contributed by atoms with E-state index in [0.29, 0.717) is 0 Å². The number of pyridine rings is 1. The van der Waals surface area contributed by atoms with Gasteiger partial charge in [-0.2, -0.15) is 0 Å². The van der Waals surface area contributed by atoms with Gasteiger partial charge in [-0.05, 0) is 6.07 Å². The zero-order valence-electron chi connectivity index (χ0n) is 7.30. The molecule has 6 heteroatoms. The molecule has 14 heavy (non-hydrogen) atoms. The average Bonchev–Trinajstić information content (AvgIpc) is 2.16. The number of hydrogen-bond acceptors (Lipinski definition) is 3. The summed E-state index contributed by atoms with van der Waals surface area (Å²) in [5.74, 6) is -0.119. The van der Waals surface area contributed by atoms with Gasteiger partial charge in [-0.25, -0.2) is 13.8 Å². The first kappa shape index (κ1) is 11.1. The van der Waals surface area contributed by atoms with Crippen molar-refractivity contribution in [3.05, 3.63) is 22.5 Å². The molecule has 0 saturated heterocycles. The fourth-order valence-corrected chi connectivity index (χ4v) is 1.30. The summed E-state index contributed by atoms with van der Waals surface area (Å²) in [5.41, 5.74) is -0.355. The number of nitrogens with zero attached hydrogens (tertiary/aromatic N) is 1. The monoisotopic (exact) mass is 223 g/mol. The Morgan fingerprint density at radius 3 is 2.71 bits per heavy atom. The van der Waals surface area contributed by atoms with E-state index >= 15 is 0 Å². The standard InChI is InChI=1S/C8H8ClF2NO2/c1-14-7-4(3-13)2-5(9)12-6(7)8(10)11/h2,8,13H,3H2,1H3. The molecule has 1 rings (SSSR count). The van der Waals surface area contributed by atoms with E-state index in [2.05, 4.69) is 4.98 Å². The zero-order chi connectivity index (χ0) is 10.7. The van der Waals surface area contributed by atoms with Crippen molar-refractivity contribution in [2.45, 2.75) is 13.0 Å². The maximum absolute atomic E-state index is 12.4. The first-order valence-electron chi connectivity index (χ1n) is 3.72. The van der Waals surface area contributed by atoms with Crippen LogP contribution in [0, 0.1) is 0 Å². The number of aromatic nitrogens is 1. The molecule has 0 fully saturated rings. The molecule has 0 aliphatic rings. The summed E-state index contributed by atoms with van der Waals surface area (Å²) in [6.45, 7) is -0.425. The summed E-state index contributed by atoms with van der Waals surface area (Å²) in [5, 5.41) is 8.78. The molecule has 78 valence electrons. The minimum absolute atomic E-state index is 0.0925. The van der Waals surface area contributed by atoms with Crippen LogP contribution in [0.15, 0.2) is 6.07 Å². The number of alkyl halides is 2. The molecule has 0 bridgehead atoms. The number of ether oxygens (including phenoxy) is 1. The summed E-state index contributed by atoms with van der Waals surface area (Å²) < 4.78 is 29.6. The van der Waals surface area contributed by atoms with Crippen LogP contribution < -0.4 is 4.74 Å². The molecule has 1 aromatic rings. The van der Waals surface area contributed by atoms with Gasteiger partial charge in [0.05, 0.1) is 13.7 Å². The van der Waals surface area contributed by atoms with E-state index in [0.717, 1.165) is 0 Å². The van der Waals surface area contributed by atoms with Crippen molar-refractivity contribution in [3.63, 3.8) is 0 Å². The number of hydrogen-bond donors (Lipinski definition) is 1. The third-order valence-corrected chi connectivity index (χ3v) is 1.82. The number of methoxy groups -OCH3 is 1. The Hall–Kier alpha value is -0.940. The molecule has 0 aliphatic heterocycles. The molecule has 1 N–H and O–H groups in total. The van der Waals surface area contributed by atoms with E-state index in [1.807, 2.05) is 0 Å².